The maximum absolute atomic E-state index is 13.3. The van der Waals surface area contributed by atoms with Gasteiger partial charge in [-0.2, -0.15) is 0 Å². The molecule has 1 aromatic rings. The average Bonchev–Trinajstić information content (AvgIpc) is 3.19. The number of hydrogen-bond donors (Lipinski definition) is 2. The van der Waals surface area contributed by atoms with Gasteiger partial charge in [-0.15, -0.1) is 12.4 Å². The van der Waals surface area contributed by atoms with E-state index in [1.165, 1.54) is 0 Å². The van der Waals surface area contributed by atoms with Crippen LogP contribution in [0.5, 0.6) is 5.75 Å². The molecule has 3 N–H and O–H groups in total. The maximum atomic E-state index is 13.3. The van der Waals surface area contributed by atoms with E-state index in [1.807, 2.05) is 0 Å². The molecule has 1 unspecified atom stereocenters. The molecule has 1 fully saturated rings. The maximum Gasteiger partial charge on any atom is 0.258 e. The van der Waals surface area contributed by atoms with Gasteiger partial charge in [-0.05, 0) is 30.9 Å². The predicted molar refractivity (Wildman–Crippen MR) is 72.8 cm³/mol. The largest absolute Gasteiger partial charge is 0.481 e. The van der Waals surface area contributed by atoms with Crippen molar-refractivity contribution in [2.75, 3.05) is 13.2 Å². The molecule has 1 amide bonds. The zero-order valence-corrected chi connectivity index (χ0v) is 11.6. The quantitative estimate of drug-likeness (QED) is 0.839. The van der Waals surface area contributed by atoms with Crippen molar-refractivity contribution in [2.24, 2.45) is 11.7 Å². The van der Waals surface area contributed by atoms with Crippen LogP contribution in [0, 0.1) is 17.6 Å². The van der Waals surface area contributed by atoms with Crippen LogP contribution in [0.2, 0.25) is 0 Å². The van der Waals surface area contributed by atoms with E-state index in [0.717, 1.165) is 25.0 Å². The van der Waals surface area contributed by atoms with E-state index in [0.29, 0.717) is 18.5 Å². The SMILES string of the molecule is Cl.NCC(NC(=O)COc1ccc(F)cc1F)C1CC1. The lowest BCUT2D eigenvalue weighted by Gasteiger charge is -2.16. The summed E-state index contributed by atoms with van der Waals surface area (Å²) in [5.74, 6) is -1.58. The monoisotopic (exact) mass is 306 g/mol. The fourth-order valence-corrected chi connectivity index (χ4v) is 1.85. The minimum absolute atomic E-state index is 0. The Hall–Kier alpha value is -1.40. The number of carbonyl (C=O) groups excluding carboxylic acids is 1. The first-order chi connectivity index (χ1) is 9.10. The molecule has 2 rings (SSSR count). The molecule has 1 atom stereocenters. The molecule has 0 spiro atoms. The van der Waals surface area contributed by atoms with Crippen LogP contribution in [0.15, 0.2) is 18.2 Å². The third-order valence-corrected chi connectivity index (χ3v) is 3.04. The van der Waals surface area contributed by atoms with Crippen LogP contribution >= 0.6 is 12.4 Å². The van der Waals surface area contributed by atoms with Crippen molar-refractivity contribution in [3.8, 4) is 5.75 Å². The molecule has 0 saturated heterocycles. The summed E-state index contributed by atoms with van der Waals surface area (Å²) in [5.41, 5.74) is 5.55. The van der Waals surface area contributed by atoms with Crippen LogP contribution in [0.4, 0.5) is 8.78 Å². The highest BCUT2D eigenvalue weighted by Gasteiger charge is 2.31. The molecule has 1 aliphatic rings. The zero-order valence-electron chi connectivity index (χ0n) is 10.8. The molecule has 0 bridgehead atoms. The minimum atomic E-state index is -0.828. The number of benzene rings is 1. The lowest BCUT2D eigenvalue weighted by molar-refractivity contribution is -0.123. The van der Waals surface area contributed by atoms with Gasteiger partial charge < -0.3 is 15.8 Å². The number of nitrogens with one attached hydrogen (secondary N) is 1. The summed E-state index contributed by atoms with van der Waals surface area (Å²) < 4.78 is 30.9. The van der Waals surface area contributed by atoms with E-state index >= 15 is 0 Å². The predicted octanol–water partition coefficient (Wildman–Crippen LogP) is 1.62. The lowest BCUT2D eigenvalue weighted by atomic mass is 10.2. The van der Waals surface area contributed by atoms with E-state index in [-0.39, 0.29) is 36.7 Å². The van der Waals surface area contributed by atoms with Gasteiger partial charge >= 0.3 is 0 Å². The molecular weight excluding hydrogens is 290 g/mol. The molecule has 0 aromatic heterocycles. The molecule has 0 radical (unpaired) electrons. The smallest absolute Gasteiger partial charge is 0.258 e. The van der Waals surface area contributed by atoms with Crippen molar-refractivity contribution in [3.63, 3.8) is 0 Å². The zero-order chi connectivity index (χ0) is 13.8. The van der Waals surface area contributed by atoms with E-state index in [1.54, 1.807) is 0 Å². The molecule has 1 saturated carbocycles. The van der Waals surface area contributed by atoms with E-state index in [2.05, 4.69) is 5.32 Å². The Bertz CT molecular complexity index is 470. The van der Waals surface area contributed by atoms with Crippen LogP contribution in [-0.2, 0) is 4.79 Å². The second-order valence-electron chi connectivity index (χ2n) is 4.61. The van der Waals surface area contributed by atoms with E-state index in [4.69, 9.17) is 10.5 Å². The number of rotatable bonds is 6. The highest BCUT2D eigenvalue weighted by Crippen LogP contribution is 2.32. The molecule has 7 heteroatoms. The van der Waals surface area contributed by atoms with Crippen molar-refractivity contribution >= 4 is 18.3 Å². The van der Waals surface area contributed by atoms with Gasteiger partial charge in [0.25, 0.3) is 5.91 Å². The summed E-state index contributed by atoms with van der Waals surface area (Å²) in [6.07, 6.45) is 2.13. The van der Waals surface area contributed by atoms with Crippen molar-refractivity contribution in [1.29, 1.82) is 0 Å². The Kier molecular flexibility index (Phi) is 6.16. The Morgan fingerprint density at radius 3 is 2.70 bits per heavy atom. The third kappa shape index (κ3) is 4.61. The first-order valence-corrected chi connectivity index (χ1v) is 6.17. The Balaban J connectivity index is 0.00000200. The summed E-state index contributed by atoms with van der Waals surface area (Å²) >= 11 is 0. The molecule has 1 aliphatic carbocycles. The Morgan fingerprint density at radius 1 is 1.45 bits per heavy atom. The minimum Gasteiger partial charge on any atom is -0.481 e. The van der Waals surface area contributed by atoms with Crippen molar-refractivity contribution in [1.82, 2.24) is 5.32 Å². The normalized spacial score (nSPS) is 15.2. The Morgan fingerprint density at radius 2 is 2.15 bits per heavy atom. The van der Waals surface area contributed by atoms with Crippen LogP contribution < -0.4 is 15.8 Å². The fraction of sp³-hybridized carbons (Fsp3) is 0.462. The highest BCUT2D eigenvalue weighted by atomic mass is 35.5. The second kappa shape index (κ2) is 7.40. The lowest BCUT2D eigenvalue weighted by Crippen LogP contribution is -2.43. The topological polar surface area (TPSA) is 64.3 Å². The van der Waals surface area contributed by atoms with Gasteiger partial charge in [0, 0.05) is 18.7 Å². The van der Waals surface area contributed by atoms with E-state index < -0.39 is 11.6 Å². The molecule has 0 aliphatic heterocycles. The Labute approximate surface area is 122 Å². The summed E-state index contributed by atoms with van der Waals surface area (Å²) in [6.45, 7) is 0.0626. The number of nitrogens with two attached hydrogens (primary N) is 1. The molecular formula is C13H17ClF2N2O2. The molecule has 112 valence electrons. The van der Waals surface area contributed by atoms with Crippen LogP contribution in [0.25, 0.3) is 0 Å². The van der Waals surface area contributed by atoms with Crippen LogP contribution in [0.1, 0.15) is 12.8 Å². The number of amides is 1. The van der Waals surface area contributed by atoms with Crippen molar-refractivity contribution in [2.45, 2.75) is 18.9 Å². The molecule has 1 aromatic carbocycles. The third-order valence-electron chi connectivity index (χ3n) is 3.04. The summed E-state index contributed by atoms with van der Waals surface area (Å²) in [6, 6.07) is 2.89. The van der Waals surface area contributed by atoms with Crippen molar-refractivity contribution in [3.05, 3.63) is 29.8 Å². The van der Waals surface area contributed by atoms with E-state index in [9.17, 15) is 13.6 Å². The summed E-state index contributed by atoms with van der Waals surface area (Å²) in [7, 11) is 0. The average molecular weight is 307 g/mol. The molecule has 4 nitrogen and oxygen atoms in total. The fourth-order valence-electron chi connectivity index (χ4n) is 1.85. The highest BCUT2D eigenvalue weighted by molar-refractivity contribution is 5.85. The van der Waals surface area contributed by atoms with Crippen LogP contribution in [-0.4, -0.2) is 25.1 Å². The molecule has 0 heterocycles. The number of ether oxygens (including phenoxy) is 1. The number of hydrogen-bond acceptors (Lipinski definition) is 3. The van der Waals surface area contributed by atoms with Gasteiger partial charge in [-0.1, -0.05) is 0 Å². The molecule has 20 heavy (non-hydrogen) atoms. The van der Waals surface area contributed by atoms with Gasteiger partial charge in [0.05, 0.1) is 0 Å². The first kappa shape index (κ1) is 16.7. The van der Waals surface area contributed by atoms with Gasteiger partial charge in [0.15, 0.2) is 18.2 Å². The van der Waals surface area contributed by atoms with Gasteiger partial charge in [-0.3, -0.25) is 4.79 Å². The summed E-state index contributed by atoms with van der Waals surface area (Å²) in [4.78, 5) is 11.6. The first-order valence-electron chi connectivity index (χ1n) is 6.17. The number of halogens is 3. The standard InChI is InChI=1S/C13H16F2N2O2.ClH/c14-9-3-4-12(10(15)5-9)19-7-13(18)17-11(6-16)8-1-2-8;/h3-5,8,11H,1-2,6-7,16H2,(H,17,18);1H. The van der Waals surface area contributed by atoms with Gasteiger partial charge in [0.2, 0.25) is 0 Å². The number of carbonyl (C=O) groups is 1. The van der Waals surface area contributed by atoms with Gasteiger partial charge in [0.1, 0.15) is 5.82 Å². The van der Waals surface area contributed by atoms with Crippen LogP contribution in [0.3, 0.4) is 0 Å². The van der Waals surface area contributed by atoms with Gasteiger partial charge in [-0.25, -0.2) is 8.78 Å². The second-order valence-corrected chi connectivity index (χ2v) is 4.61. The summed E-state index contributed by atoms with van der Waals surface area (Å²) in [5, 5.41) is 2.74. The van der Waals surface area contributed by atoms with Crippen molar-refractivity contribution < 1.29 is 18.3 Å².